The molecule has 1 aliphatic rings. The topological polar surface area (TPSA) is 75.7 Å². The number of anilines is 1. The third kappa shape index (κ3) is 5.50. The third-order valence-electron chi connectivity index (χ3n) is 5.48. The molecule has 3 aromatic rings. The van der Waals surface area contributed by atoms with Gasteiger partial charge in [-0.2, -0.15) is 0 Å². The van der Waals surface area contributed by atoms with Gasteiger partial charge in [0.2, 0.25) is 0 Å². The molecule has 9 heteroatoms. The summed E-state index contributed by atoms with van der Waals surface area (Å²) in [6, 6.07) is 15.2. The molecule has 1 saturated heterocycles. The first-order chi connectivity index (χ1) is 16.6. The molecular formula is C26H19Br2ClN2O4. The lowest BCUT2D eigenvalue weighted by molar-refractivity contribution is -0.122. The van der Waals surface area contributed by atoms with Gasteiger partial charge in [0.15, 0.2) is 0 Å². The maximum atomic E-state index is 13.2. The van der Waals surface area contributed by atoms with Crippen molar-refractivity contribution in [2.24, 2.45) is 0 Å². The number of rotatable bonds is 5. The minimum atomic E-state index is -0.784. The second-order valence-electron chi connectivity index (χ2n) is 7.96. The van der Waals surface area contributed by atoms with Crippen LogP contribution in [-0.2, 0) is 16.2 Å². The van der Waals surface area contributed by atoms with Crippen molar-refractivity contribution >= 4 is 73.1 Å². The van der Waals surface area contributed by atoms with Crippen molar-refractivity contribution in [3.8, 4) is 5.75 Å². The summed E-state index contributed by atoms with van der Waals surface area (Å²) >= 11 is 12.9. The Labute approximate surface area is 224 Å². The van der Waals surface area contributed by atoms with Gasteiger partial charge in [-0.1, -0.05) is 29.8 Å². The van der Waals surface area contributed by atoms with Crippen molar-refractivity contribution in [2.45, 2.75) is 20.5 Å². The van der Waals surface area contributed by atoms with Crippen molar-refractivity contribution in [1.82, 2.24) is 5.32 Å². The fourth-order valence-corrected chi connectivity index (χ4v) is 5.04. The zero-order chi connectivity index (χ0) is 25.3. The molecule has 6 nitrogen and oxygen atoms in total. The lowest BCUT2D eigenvalue weighted by atomic mass is 10.0. The Balaban J connectivity index is 1.61. The van der Waals surface area contributed by atoms with E-state index in [-0.39, 0.29) is 5.57 Å². The minimum Gasteiger partial charge on any atom is -0.487 e. The summed E-state index contributed by atoms with van der Waals surface area (Å²) in [6.07, 6.45) is 1.44. The van der Waals surface area contributed by atoms with Gasteiger partial charge in [0, 0.05) is 5.02 Å². The van der Waals surface area contributed by atoms with Crippen molar-refractivity contribution in [1.29, 1.82) is 0 Å². The lowest BCUT2D eigenvalue weighted by Gasteiger charge is -2.27. The van der Waals surface area contributed by atoms with E-state index in [1.54, 1.807) is 36.4 Å². The normalized spacial score (nSPS) is 14.9. The van der Waals surface area contributed by atoms with Crippen LogP contribution in [0.5, 0.6) is 5.75 Å². The van der Waals surface area contributed by atoms with Crippen molar-refractivity contribution in [3.05, 3.63) is 96.4 Å². The number of nitrogens with one attached hydrogen (secondary N) is 1. The maximum absolute atomic E-state index is 13.2. The fourth-order valence-electron chi connectivity index (χ4n) is 3.46. The smallest absolute Gasteiger partial charge is 0.335 e. The van der Waals surface area contributed by atoms with E-state index in [0.717, 1.165) is 21.6 Å². The quantitative estimate of drug-likeness (QED) is 0.254. The molecule has 0 unspecified atom stereocenters. The van der Waals surface area contributed by atoms with Crippen LogP contribution in [0.4, 0.5) is 10.5 Å². The molecule has 1 N–H and O–H groups in total. The summed E-state index contributed by atoms with van der Waals surface area (Å²) in [7, 11) is 0. The van der Waals surface area contributed by atoms with Gasteiger partial charge >= 0.3 is 6.03 Å². The number of urea groups is 1. The van der Waals surface area contributed by atoms with Crippen molar-refractivity contribution < 1.29 is 19.1 Å². The molecule has 1 fully saturated rings. The SMILES string of the molecule is Cc1ccc(N2C(=O)NC(=O)/C(=C\c3cc(Br)c(OCc4ccc(Cl)cc4)c(Br)c3)C2=O)cc1C. The van der Waals surface area contributed by atoms with Crippen LogP contribution in [0.25, 0.3) is 6.08 Å². The molecule has 1 aliphatic heterocycles. The van der Waals surface area contributed by atoms with E-state index in [1.165, 1.54) is 6.08 Å². The first kappa shape index (κ1) is 25.2. The third-order valence-corrected chi connectivity index (χ3v) is 6.91. The van der Waals surface area contributed by atoms with E-state index in [9.17, 15) is 14.4 Å². The van der Waals surface area contributed by atoms with Gasteiger partial charge in [-0.15, -0.1) is 0 Å². The molecule has 3 aromatic carbocycles. The molecule has 35 heavy (non-hydrogen) atoms. The average Bonchev–Trinajstić information content (AvgIpc) is 2.79. The second kappa shape index (κ2) is 10.4. The van der Waals surface area contributed by atoms with Gasteiger partial charge in [0.25, 0.3) is 11.8 Å². The molecule has 0 bridgehead atoms. The van der Waals surface area contributed by atoms with Gasteiger partial charge < -0.3 is 4.74 Å². The number of hydrogen-bond acceptors (Lipinski definition) is 4. The van der Waals surface area contributed by atoms with Crippen LogP contribution in [0.15, 0.2) is 69.1 Å². The Morgan fingerprint density at radius 3 is 2.23 bits per heavy atom. The van der Waals surface area contributed by atoms with E-state index in [0.29, 0.717) is 37.6 Å². The van der Waals surface area contributed by atoms with Crippen LogP contribution in [-0.4, -0.2) is 17.8 Å². The van der Waals surface area contributed by atoms with Crippen LogP contribution in [0.2, 0.25) is 5.02 Å². The Hall–Kier alpha value is -2.94. The van der Waals surface area contributed by atoms with Crippen LogP contribution >= 0.6 is 43.5 Å². The minimum absolute atomic E-state index is 0.156. The Bertz CT molecular complexity index is 1360. The van der Waals surface area contributed by atoms with E-state index in [2.05, 4.69) is 37.2 Å². The van der Waals surface area contributed by atoms with Gasteiger partial charge in [-0.25, -0.2) is 9.69 Å². The van der Waals surface area contributed by atoms with Gasteiger partial charge in [0.1, 0.15) is 17.9 Å². The number of barbiturate groups is 1. The highest BCUT2D eigenvalue weighted by molar-refractivity contribution is 9.11. The Morgan fingerprint density at radius 2 is 1.60 bits per heavy atom. The van der Waals surface area contributed by atoms with Crippen LogP contribution in [0.3, 0.4) is 0 Å². The highest BCUT2D eigenvalue weighted by atomic mass is 79.9. The summed E-state index contributed by atoms with van der Waals surface area (Å²) in [5.41, 5.74) is 3.69. The van der Waals surface area contributed by atoms with E-state index >= 15 is 0 Å². The summed E-state index contributed by atoms with van der Waals surface area (Å²) in [4.78, 5) is 39.2. The van der Waals surface area contributed by atoms with Crippen LogP contribution in [0.1, 0.15) is 22.3 Å². The van der Waals surface area contributed by atoms with Gasteiger partial charge in [0.05, 0.1) is 14.6 Å². The van der Waals surface area contributed by atoms with Crippen molar-refractivity contribution in [2.75, 3.05) is 4.90 Å². The molecule has 0 saturated carbocycles. The van der Waals surface area contributed by atoms with Crippen LogP contribution < -0.4 is 15.0 Å². The largest absolute Gasteiger partial charge is 0.487 e. The number of benzene rings is 3. The highest BCUT2D eigenvalue weighted by Crippen LogP contribution is 2.36. The highest BCUT2D eigenvalue weighted by Gasteiger charge is 2.37. The lowest BCUT2D eigenvalue weighted by Crippen LogP contribution is -2.54. The first-order valence-electron chi connectivity index (χ1n) is 10.5. The van der Waals surface area contributed by atoms with E-state index in [4.69, 9.17) is 16.3 Å². The van der Waals surface area contributed by atoms with E-state index < -0.39 is 17.8 Å². The number of halogens is 3. The number of aryl methyl sites for hydroxylation is 2. The van der Waals surface area contributed by atoms with Crippen LogP contribution in [0, 0.1) is 13.8 Å². The molecule has 0 atom stereocenters. The van der Waals surface area contributed by atoms with E-state index in [1.807, 2.05) is 32.0 Å². The fraction of sp³-hybridized carbons (Fsp3) is 0.115. The molecule has 0 radical (unpaired) electrons. The maximum Gasteiger partial charge on any atom is 0.335 e. The standard InChI is InChI=1S/C26H19Br2ClN2O4/c1-14-3-8-19(9-15(14)2)31-25(33)20(24(32)30-26(31)34)10-17-11-21(27)23(22(28)12-17)35-13-16-4-6-18(29)7-5-16/h3-12H,13H2,1-2H3,(H,30,32,34)/b20-10+. The zero-order valence-electron chi connectivity index (χ0n) is 18.7. The predicted molar refractivity (Wildman–Crippen MR) is 143 cm³/mol. The number of carbonyl (C=O) groups excluding carboxylic acids is 3. The molecule has 1 heterocycles. The Morgan fingerprint density at radius 1 is 0.943 bits per heavy atom. The molecule has 4 rings (SSSR count). The summed E-state index contributed by atoms with van der Waals surface area (Å²) in [5, 5.41) is 2.89. The van der Waals surface area contributed by atoms with Crippen molar-refractivity contribution in [3.63, 3.8) is 0 Å². The predicted octanol–water partition coefficient (Wildman–Crippen LogP) is 6.73. The van der Waals surface area contributed by atoms with Gasteiger partial charge in [-0.3, -0.25) is 14.9 Å². The average molecular weight is 619 g/mol. The second-order valence-corrected chi connectivity index (χ2v) is 10.1. The summed E-state index contributed by atoms with van der Waals surface area (Å²) in [5.74, 6) is -0.888. The number of ether oxygens (including phenoxy) is 1. The summed E-state index contributed by atoms with van der Waals surface area (Å²) in [6.45, 7) is 4.14. The summed E-state index contributed by atoms with van der Waals surface area (Å²) < 4.78 is 7.18. The molecule has 0 aliphatic carbocycles. The molecule has 0 aromatic heterocycles. The number of hydrogen-bond donors (Lipinski definition) is 1. The monoisotopic (exact) mass is 616 g/mol. The Kier molecular flexibility index (Phi) is 7.44. The molecular weight excluding hydrogens is 600 g/mol. The number of nitrogens with zero attached hydrogens (tertiary/aromatic N) is 1. The zero-order valence-corrected chi connectivity index (χ0v) is 22.6. The first-order valence-corrected chi connectivity index (χ1v) is 12.5. The number of imide groups is 2. The van der Waals surface area contributed by atoms with Gasteiger partial charge in [-0.05, 0) is 110 Å². The molecule has 4 amide bonds. The molecule has 178 valence electrons. The number of carbonyl (C=O) groups is 3. The number of amides is 4. The molecule has 0 spiro atoms.